The molecular weight excluding hydrogens is 500 g/mol. The number of ether oxygens (including phenoxy) is 2. The first-order valence-corrected chi connectivity index (χ1v) is 14.5. The third-order valence-electron chi connectivity index (χ3n) is 7.13. The van der Waals surface area contributed by atoms with Crippen molar-refractivity contribution in [1.29, 1.82) is 0 Å². The molecule has 1 aliphatic rings. The van der Waals surface area contributed by atoms with E-state index in [-0.39, 0.29) is 23.9 Å². The van der Waals surface area contributed by atoms with Gasteiger partial charge in [-0.25, -0.2) is 0 Å². The van der Waals surface area contributed by atoms with E-state index in [1.54, 1.807) is 0 Å². The molecule has 3 rings (SSSR count). The lowest BCUT2D eigenvalue weighted by Gasteiger charge is -2.33. The molecule has 0 aliphatic heterocycles. The van der Waals surface area contributed by atoms with E-state index in [1.807, 2.05) is 48.5 Å². The standard InChI is InChI=1S/C34H42N2O4/c1-3-27-17-21-29(22-18-27)39-25-11-5-7-15-33(37)35-31-13-9-10-14-32(31)36-34(38)16-8-6-12-26-40-30-23-19-28(4-2)20-24-30/h1-2,17-24,31-32H,5-16,25-26H2,(H,35,37)(H,36,38)/t31-,32-/m1/s1. The second-order valence-corrected chi connectivity index (χ2v) is 10.3. The zero-order valence-corrected chi connectivity index (χ0v) is 23.5. The topological polar surface area (TPSA) is 76.7 Å². The summed E-state index contributed by atoms with van der Waals surface area (Å²) >= 11 is 0. The highest BCUT2D eigenvalue weighted by atomic mass is 16.5. The Kier molecular flexibility index (Phi) is 13.5. The Labute approximate surface area is 239 Å². The SMILES string of the molecule is C#Cc1ccc(OCCCCCC(=O)N[C@@H]2CCCC[C@H]2NC(=O)CCCCCOc2ccc(C#C)cc2)cc1. The minimum absolute atomic E-state index is 0.00812. The van der Waals surface area contributed by atoms with E-state index in [0.29, 0.717) is 26.1 Å². The van der Waals surface area contributed by atoms with Crippen LogP contribution in [0.4, 0.5) is 0 Å². The van der Waals surface area contributed by atoms with E-state index in [1.165, 1.54) is 0 Å². The molecule has 2 N–H and O–H groups in total. The van der Waals surface area contributed by atoms with E-state index in [2.05, 4.69) is 22.5 Å². The Hall–Kier alpha value is -3.90. The first-order chi connectivity index (χ1) is 19.6. The molecule has 0 saturated heterocycles. The van der Waals surface area contributed by atoms with Gasteiger partial charge in [0.2, 0.25) is 11.8 Å². The Morgan fingerprint density at radius 3 is 1.43 bits per heavy atom. The highest BCUT2D eigenvalue weighted by molar-refractivity contribution is 5.77. The maximum Gasteiger partial charge on any atom is 0.220 e. The third kappa shape index (κ3) is 11.5. The second-order valence-electron chi connectivity index (χ2n) is 10.3. The molecule has 6 nitrogen and oxygen atoms in total. The van der Waals surface area contributed by atoms with Gasteiger partial charge in [0.15, 0.2) is 0 Å². The number of amides is 2. The van der Waals surface area contributed by atoms with Crippen molar-refractivity contribution in [3.05, 3.63) is 59.7 Å². The molecule has 0 spiro atoms. The van der Waals surface area contributed by atoms with Gasteiger partial charge in [0, 0.05) is 36.1 Å². The third-order valence-corrected chi connectivity index (χ3v) is 7.13. The lowest BCUT2D eigenvalue weighted by Crippen LogP contribution is -2.53. The number of benzene rings is 2. The summed E-state index contributed by atoms with van der Waals surface area (Å²) < 4.78 is 11.5. The Morgan fingerprint density at radius 2 is 1.05 bits per heavy atom. The van der Waals surface area contributed by atoms with Gasteiger partial charge >= 0.3 is 0 Å². The molecule has 2 amide bonds. The molecule has 1 fully saturated rings. The molecule has 40 heavy (non-hydrogen) atoms. The zero-order chi connectivity index (χ0) is 28.4. The van der Waals surface area contributed by atoms with Crippen LogP contribution in [-0.4, -0.2) is 37.1 Å². The molecular formula is C34H42N2O4. The zero-order valence-electron chi connectivity index (χ0n) is 23.5. The van der Waals surface area contributed by atoms with E-state index in [4.69, 9.17) is 22.3 Å². The maximum atomic E-state index is 12.6. The number of nitrogens with one attached hydrogen (secondary N) is 2. The molecule has 0 aromatic heterocycles. The average molecular weight is 543 g/mol. The minimum Gasteiger partial charge on any atom is -0.494 e. The predicted octanol–water partition coefficient (Wildman–Crippen LogP) is 5.77. The van der Waals surface area contributed by atoms with Crippen molar-refractivity contribution in [2.45, 2.75) is 89.1 Å². The van der Waals surface area contributed by atoms with Crippen LogP contribution in [0.5, 0.6) is 11.5 Å². The maximum absolute atomic E-state index is 12.6. The summed E-state index contributed by atoms with van der Waals surface area (Å²) in [5, 5.41) is 6.36. The number of rotatable bonds is 16. The van der Waals surface area contributed by atoms with Gasteiger partial charge in [-0.3, -0.25) is 9.59 Å². The molecule has 2 aromatic rings. The molecule has 1 aliphatic carbocycles. The molecule has 0 heterocycles. The predicted molar refractivity (Wildman–Crippen MR) is 159 cm³/mol. The first-order valence-electron chi connectivity index (χ1n) is 14.5. The lowest BCUT2D eigenvalue weighted by molar-refractivity contribution is -0.125. The summed E-state index contributed by atoms with van der Waals surface area (Å²) in [5.41, 5.74) is 1.67. The summed E-state index contributed by atoms with van der Waals surface area (Å²) in [4.78, 5) is 25.1. The van der Waals surface area contributed by atoms with Gasteiger partial charge in [-0.2, -0.15) is 0 Å². The van der Waals surface area contributed by atoms with Crippen LogP contribution >= 0.6 is 0 Å². The molecule has 0 radical (unpaired) electrons. The monoisotopic (exact) mass is 542 g/mol. The van der Waals surface area contributed by atoms with Gasteiger partial charge in [0.25, 0.3) is 0 Å². The fourth-order valence-corrected chi connectivity index (χ4v) is 4.84. The van der Waals surface area contributed by atoms with Crippen molar-refractivity contribution in [1.82, 2.24) is 10.6 Å². The number of hydrogen-bond donors (Lipinski definition) is 2. The van der Waals surface area contributed by atoms with Crippen molar-refractivity contribution in [3.63, 3.8) is 0 Å². The smallest absolute Gasteiger partial charge is 0.220 e. The largest absolute Gasteiger partial charge is 0.494 e. The van der Waals surface area contributed by atoms with Crippen molar-refractivity contribution in [3.8, 4) is 36.2 Å². The van der Waals surface area contributed by atoms with Crippen molar-refractivity contribution >= 4 is 11.8 Å². The molecule has 6 heteroatoms. The van der Waals surface area contributed by atoms with Gasteiger partial charge < -0.3 is 20.1 Å². The number of unbranched alkanes of at least 4 members (excludes halogenated alkanes) is 4. The fourth-order valence-electron chi connectivity index (χ4n) is 4.84. The van der Waals surface area contributed by atoms with Gasteiger partial charge in [-0.15, -0.1) is 12.8 Å². The van der Waals surface area contributed by atoms with Gasteiger partial charge in [-0.1, -0.05) is 24.7 Å². The fraction of sp³-hybridized carbons (Fsp3) is 0.471. The van der Waals surface area contributed by atoms with Crippen LogP contribution in [0.3, 0.4) is 0 Å². The second kappa shape index (κ2) is 17.6. The number of terminal acetylenes is 2. The summed E-state index contributed by atoms with van der Waals surface area (Å²) in [7, 11) is 0. The molecule has 0 bridgehead atoms. The van der Waals surface area contributed by atoms with E-state index >= 15 is 0 Å². The molecule has 0 unspecified atom stereocenters. The summed E-state index contributed by atoms with van der Waals surface area (Å²) in [6.07, 6.45) is 20.9. The van der Waals surface area contributed by atoms with Gasteiger partial charge in [0.1, 0.15) is 11.5 Å². The number of carbonyl (C=O) groups is 2. The molecule has 1 saturated carbocycles. The van der Waals surface area contributed by atoms with E-state index in [0.717, 1.165) is 86.8 Å². The number of carbonyl (C=O) groups excluding carboxylic acids is 2. The minimum atomic E-state index is 0.00812. The quantitative estimate of drug-likeness (QED) is 0.209. The molecule has 2 aromatic carbocycles. The van der Waals surface area contributed by atoms with E-state index in [9.17, 15) is 9.59 Å². The van der Waals surface area contributed by atoms with Crippen LogP contribution < -0.4 is 20.1 Å². The van der Waals surface area contributed by atoms with Crippen LogP contribution in [0.15, 0.2) is 48.5 Å². The molecule has 2 atom stereocenters. The normalized spacial score (nSPS) is 16.2. The van der Waals surface area contributed by atoms with Gasteiger partial charge in [0.05, 0.1) is 13.2 Å². The Morgan fingerprint density at radius 1 is 0.650 bits per heavy atom. The van der Waals surface area contributed by atoms with Crippen LogP contribution in [0.2, 0.25) is 0 Å². The van der Waals surface area contributed by atoms with Crippen LogP contribution in [0.1, 0.15) is 88.2 Å². The van der Waals surface area contributed by atoms with Crippen LogP contribution in [0.25, 0.3) is 0 Å². The van der Waals surface area contributed by atoms with Crippen molar-refractivity contribution < 1.29 is 19.1 Å². The highest BCUT2D eigenvalue weighted by Crippen LogP contribution is 2.20. The number of hydrogen-bond acceptors (Lipinski definition) is 4. The Balaban J connectivity index is 1.24. The summed E-state index contributed by atoms with van der Waals surface area (Å²) in [6.45, 7) is 1.23. The average Bonchev–Trinajstić information content (AvgIpc) is 2.98. The van der Waals surface area contributed by atoms with Crippen molar-refractivity contribution in [2.24, 2.45) is 0 Å². The van der Waals surface area contributed by atoms with Crippen LogP contribution in [-0.2, 0) is 9.59 Å². The first kappa shape index (κ1) is 30.6. The lowest BCUT2D eigenvalue weighted by atomic mass is 9.90. The Bertz CT molecular complexity index is 1040. The highest BCUT2D eigenvalue weighted by Gasteiger charge is 2.27. The molecule has 212 valence electrons. The van der Waals surface area contributed by atoms with Gasteiger partial charge in [-0.05, 0) is 99.9 Å². The van der Waals surface area contributed by atoms with Crippen LogP contribution in [0, 0.1) is 24.7 Å². The summed E-state index contributed by atoms with van der Waals surface area (Å²) in [5.74, 6) is 6.91. The summed E-state index contributed by atoms with van der Waals surface area (Å²) in [6, 6.07) is 15.0. The van der Waals surface area contributed by atoms with Crippen molar-refractivity contribution in [2.75, 3.05) is 13.2 Å². The van der Waals surface area contributed by atoms with E-state index < -0.39 is 0 Å².